The van der Waals surface area contributed by atoms with Crippen molar-refractivity contribution >= 4 is 5.91 Å². The number of nitrogens with zero attached hydrogens (tertiary/aromatic N) is 1. The molecule has 2 aromatic carbocycles. The zero-order chi connectivity index (χ0) is 16.9. The number of hydrogen-bond acceptors (Lipinski definition) is 3. The van der Waals surface area contributed by atoms with Crippen molar-refractivity contribution in [3.8, 4) is 5.75 Å². The number of benzene rings is 2. The molecule has 1 aliphatic carbocycles. The van der Waals surface area contributed by atoms with Crippen molar-refractivity contribution in [3.63, 3.8) is 0 Å². The lowest BCUT2D eigenvalue weighted by molar-refractivity contribution is 0.0531. The van der Waals surface area contributed by atoms with E-state index in [2.05, 4.69) is 0 Å². The molecule has 2 aromatic rings. The Balaban J connectivity index is 1.88. The van der Waals surface area contributed by atoms with Gasteiger partial charge in [0.15, 0.2) is 0 Å². The van der Waals surface area contributed by atoms with Crippen molar-refractivity contribution in [1.29, 1.82) is 0 Å². The van der Waals surface area contributed by atoms with Crippen LogP contribution in [0.3, 0.4) is 0 Å². The zero-order valence-corrected chi connectivity index (χ0v) is 13.9. The minimum atomic E-state index is -0.135. The molecule has 1 atom stereocenters. The Hall–Kier alpha value is -2.33. The maximum absolute atomic E-state index is 13.1. The van der Waals surface area contributed by atoms with Crippen LogP contribution in [-0.4, -0.2) is 35.7 Å². The van der Waals surface area contributed by atoms with Crippen LogP contribution >= 0.6 is 0 Å². The first kappa shape index (κ1) is 16.5. The summed E-state index contributed by atoms with van der Waals surface area (Å²) in [4.78, 5) is 14.9. The van der Waals surface area contributed by atoms with E-state index in [1.165, 1.54) is 0 Å². The monoisotopic (exact) mass is 325 g/mol. The van der Waals surface area contributed by atoms with Gasteiger partial charge in [0.1, 0.15) is 5.75 Å². The number of methoxy groups -OCH3 is 1. The minimum absolute atomic E-state index is 0.00674. The molecule has 126 valence electrons. The van der Waals surface area contributed by atoms with Gasteiger partial charge in [0.05, 0.1) is 19.8 Å². The van der Waals surface area contributed by atoms with Gasteiger partial charge in [-0.1, -0.05) is 36.4 Å². The first-order valence-corrected chi connectivity index (χ1v) is 8.32. The van der Waals surface area contributed by atoms with Crippen molar-refractivity contribution in [2.45, 2.75) is 25.4 Å². The second kappa shape index (κ2) is 7.49. The summed E-state index contributed by atoms with van der Waals surface area (Å²) in [6, 6.07) is 17.0. The summed E-state index contributed by atoms with van der Waals surface area (Å²) in [5.41, 5.74) is 1.65. The number of aliphatic hydroxyl groups excluding tert-OH is 1. The molecular formula is C20H23NO3. The van der Waals surface area contributed by atoms with Crippen LogP contribution in [0.5, 0.6) is 5.75 Å². The Bertz CT molecular complexity index is 682. The molecule has 1 N–H and O–H groups in total. The molecule has 0 bridgehead atoms. The molecule has 4 heteroatoms. The topological polar surface area (TPSA) is 49.8 Å². The highest BCUT2D eigenvalue weighted by atomic mass is 16.5. The third kappa shape index (κ3) is 3.77. The third-order valence-electron chi connectivity index (χ3n) is 4.53. The van der Waals surface area contributed by atoms with Crippen LogP contribution in [-0.2, 0) is 6.54 Å². The molecule has 0 saturated heterocycles. The standard InChI is InChI=1S/C20H23NO3/c1-24-18-9-5-8-17(12-18)20(23)21(19(14-22)16-10-11-16)13-15-6-3-2-4-7-15/h2-9,12,16,19,22H,10-11,13-14H2,1H3. The van der Waals surface area contributed by atoms with Crippen molar-refractivity contribution < 1.29 is 14.6 Å². The molecule has 1 saturated carbocycles. The van der Waals surface area contributed by atoms with Crippen LogP contribution in [0.4, 0.5) is 0 Å². The molecule has 0 aromatic heterocycles. The first-order chi connectivity index (χ1) is 11.7. The molecule has 1 fully saturated rings. The molecule has 1 amide bonds. The highest BCUT2D eigenvalue weighted by Crippen LogP contribution is 2.36. The number of carbonyl (C=O) groups is 1. The summed E-state index contributed by atoms with van der Waals surface area (Å²) in [6.45, 7) is 0.492. The fourth-order valence-corrected chi connectivity index (χ4v) is 3.02. The van der Waals surface area contributed by atoms with E-state index in [0.29, 0.717) is 23.8 Å². The van der Waals surface area contributed by atoms with Gasteiger partial charge in [-0.25, -0.2) is 0 Å². The highest BCUT2D eigenvalue weighted by Gasteiger charge is 2.37. The second-order valence-corrected chi connectivity index (χ2v) is 6.24. The summed E-state index contributed by atoms with van der Waals surface area (Å²) in [5, 5.41) is 9.86. The van der Waals surface area contributed by atoms with Gasteiger partial charge in [-0.2, -0.15) is 0 Å². The fourth-order valence-electron chi connectivity index (χ4n) is 3.02. The summed E-state index contributed by atoms with van der Waals surface area (Å²) in [6.07, 6.45) is 2.14. The molecule has 0 aliphatic heterocycles. The summed E-state index contributed by atoms with van der Waals surface area (Å²) >= 11 is 0. The Labute approximate surface area is 142 Å². The van der Waals surface area contributed by atoms with Gasteiger partial charge < -0.3 is 14.7 Å². The summed E-state index contributed by atoms with van der Waals surface area (Å²) in [7, 11) is 1.59. The molecule has 0 spiro atoms. The van der Waals surface area contributed by atoms with Crippen molar-refractivity contribution in [2.75, 3.05) is 13.7 Å². The first-order valence-electron chi connectivity index (χ1n) is 8.32. The molecule has 4 nitrogen and oxygen atoms in total. The lowest BCUT2D eigenvalue weighted by Gasteiger charge is -2.31. The van der Waals surface area contributed by atoms with Gasteiger partial charge in [0.25, 0.3) is 5.91 Å². The molecule has 0 heterocycles. The molecule has 0 radical (unpaired) electrons. The molecule has 1 aliphatic rings. The van der Waals surface area contributed by atoms with Crippen LogP contribution in [0, 0.1) is 5.92 Å². The Morgan fingerprint density at radius 2 is 1.96 bits per heavy atom. The maximum atomic E-state index is 13.1. The van der Waals surface area contributed by atoms with E-state index in [0.717, 1.165) is 18.4 Å². The van der Waals surface area contributed by atoms with Crippen LogP contribution in [0.1, 0.15) is 28.8 Å². The number of hydrogen-bond donors (Lipinski definition) is 1. The van der Waals surface area contributed by atoms with E-state index in [4.69, 9.17) is 4.74 Å². The second-order valence-electron chi connectivity index (χ2n) is 6.24. The largest absolute Gasteiger partial charge is 0.497 e. The van der Waals surface area contributed by atoms with Crippen molar-refractivity contribution in [2.24, 2.45) is 5.92 Å². The van der Waals surface area contributed by atoms with Gasteiger partial charge in [-0.05, 0) is 42.5 Å². The predicted molar refractivity (Wildman–Crippen MR) is 92.9 cm³/mol. The van der Waals surface area contributed by atoms with E-state index in [1.807, 2.05) is 47.4 Å². The Morgan fingerprint density at radius 3 is 2.58 bits per heavy atom. The maximum Gasteiger partial charge on any atom is 0.254 e. The number of rotatable bonds is 7. The lowest BCUT2D eigenvalue weighted by Crippen LogP contribution is -2.43. The van der Waals surface area contributed by atoms with Gasteiger partial charge >= 0.3 is 0 Å². The van der Waals surface area contributed by atoms with Gasteiger partial charge in [0, 0.05) is 12.1 Å². The molecule has 1 unspecified atom stereocenters. The summed E-state index contributed by atoms with van der Waals surface area (Å²) < 4.78 is 5.23. The van der Waals surface area contributed by atoms with Crippen molar-refractivity contribution in [3.05, 3.63) is 65.7 Å². The zero-order valence-electron chi connectivity index (χ0n) is 13.9. The number of aliphatic hydroxyl groups is 1. The molecule has 24 heavy (non-hydrogen) atoms. The van der Waals surface area contributed by atoms with Crippen LogP contribution in [0.2, 0.25) is 0 Å². The smallest absolute Gasteiger partial charge is 0.254 e. The van der Waals surface area contributed by atoms with Crippen LogP contribution in [0.25, 0.3) is 0 Å². The number of ether oxygens (including phenoxy) is 1. The highest BCUT2D eigenvalue weighted by molar-refractivity contribution is 5.94. The average molecular weight is 325 g/mol. The van der Waals surface area contributed by atoms with E-state index in [9.17, 15) is 9.90 Å². The van der Waals surface area contributed by atoms with Crippen molar-refractivity contribution in [1.82, 2.24) is 4.90 Å². The molecular weight excluding hydrogens is 302 g/mol. The van der Waals surface area contributed by atoms with E-state index in [-0.39, 0.29) is 18.6 Å². The Kier molecular flexibility index (Phi) is 5.16. The quantitative estimate of drug-likeness (QED) is 0.851. The van der Waals surface area contributed by atoms with Gasteiger partial charge in [0.2, 0.25) is 0 Å². The SMILES string of the molecule is COc1cccc(C(=O)N(Cc2ccccc2)C(CO)C2CC2)c1. The molecule has 3 rings (SSSR count). The lowest BCUT2D eigenvalue weighted by atomic mass is 10.1. The van der Waals surface area contributed by atoms with Crippen LogP contribution in [0.15, 0.2) is 54.6 Å². The minimum Gasteiger partial charge on any atom is -0.497 e. The normalized spacial score (nSPS) is 14.9. The Morgan fingerprint density at radius 1 is 1.21 bits per heavy atom. The number of carbonyl (C=O) groups excluding carboxylic acids is 1. The van der Waals surface area contributed by atoms with E-state index in [1.54, 1.807) is 19.2 Å². The fraction of sp³-hybridized carbons (Fsp3) is 0.350. The van der Waals surface area contributed by atoms with Gasteiger partial charge in [-0.15, -0.1) is 0 Å². The van der Waals surface area contributed by atoms with E-state index < -0.39 is 0 Å². The van der Waals surface area contributed by atoms with Crippen LogP contribution < -0.4 is 4.74 Å². The van der Waals surface area contributed by atoms with Gasteiger partial charge in [-0.3, -0.25) is 4.79 Å². The average Bonchev–Trinajstić information content (AvgIpc) is 3.47. The predicted octanol–water partition coefficient (Wildman–Crippen LogP) is 3.11. The number of amides is 1. The third-order valence-corrected chi connectivity index (χ3v) is 4.53. The summed E-state index contributed by atoms with van der Waals surface area (Å²) in [5.74, 6) is 0.990. The van der Waals surface area contributed by atoms with E-state index >= 15 is 0 Å².